The summed E-state index contributed by atoms with van der Waals surface area (Å²) < 4.78 is 51.3. The largest absolute Gasteiger partial charge is 0.490 e. The summed E-state index contributed by atoms with van der Waals surface area (Å²) in [6.45, 7) is 5.39. The van der Waals surface area contributed by atoms with Crippen molar-refractivity contribution >= 4 is 15.9 Å². The topological polar surface area (TPSA) is 93.7 Å². The van der Waals surface area contributed by atoms with Crippen molar-refractivity contribution in [2.24, 2.45) is 0 Å². The van der Waals surface area contributed by atoms with Crippen LogP contribution < -0.4 is 19.5 Å². The van der Waals surface area contributed by atoms with Gasteiger partial charge in [-0.3, -0.25) is 4.79 Å². The van der Waals surface area contributed by atoms with Gasteiger partial charge in [-0.05, 0) is 79.9 Å². The van der Waals surface area contributed by atoms with E-state index in [1.165, 1.54) is 12.1 Å². The molecule has 2 N–H and O–H groups in total. The number of hydrogen-bond acceptors (Lipinski definition) is 5. The molecule has 0 bridgehead atoms. The van der Waals surface area contributed by atoms with Gasteiger partial charge in [-0.15, -0.1) is 0 Å². The van der Waals surface area contributed by atoms with E-state index >= 15 is 0 Å². The van der Waals surface area contributed by atoms with Gasteiger partial charge in [-0.2, -0.15) is 0 Å². The molecule has 0 aliphatic carbocycles. The Balaban J connectivity index is 1.51. The van der Waals surface area contributed by atoms with Gasteiger partial charge in [-0.1, -0.05) is 18.2 Å². The van der Waals surface area contributed by atoms with Crippen LogP contribution in [0.4, 0.5) is 4.39 Å². The summed E-state index contributed by atoms with van der Waals surface area (Å²) in [7, 11) is -3.77. The molecule has 0 spiro atoms. The zero-order valence-corrected chi connectivity index (χ0v) is 20.5. The van der Waals surface area contributed by atoms with E-state index in [9.17, 15) is 17.6 Å². The lowest BCUT2D eigenvalue weighted by molar-refractivity contribution is 0.0954. The minimum atomic E-state index is -3.77. The zero-order chi connectivity index (χ0) is 25.3. The number of rotatable bonds is 12. The lowest BCUT2D eigenvalue weighted by Gasteiger charge is -2.13. The number of amides is 1. The number of ether oxygens (including phenoxy) is 2. The van der Waals surface area contributed by atoms with Gasteiger partial charge in [0.1, 0.15) is 5.82 Å². The first-order chi connectivity index (χ1) is 16.8. The maximum Gasteiger partial charge on any atom is 0.251 e. The highest BCUT2D eigenvalue weighted by Gasteiger charge is 2.14. The number of sulfonamides is 1. The summed E-state index contributed by atoms with van der Waals surface area (Å²) in [6, 6.07) is 17.0. The molecule has 0 saturated heterocycles. The molecule has 3 rings (SSSR count). The predicted molar refractivity (Wildman–Crippen MR) is 132 cm³/mol. The van der Waals surface area contributed by atoms with Crippen molar-refractivity contribution < 1.29 is 27.1 Å². The number of halogens is 1. The first kappa shape index (κ1) is 26.2. The third-order valence-electron chi connectivity index (χ3n) is 5.11. The highest BCUT2D eigenvalue weighted by atomic mass is 32.2. The average molecular weight is 501 g/mol. The Morgan fingerprint density at radius 1 is 0.857 bits per heavy atom. The Morgan fingerprint density at radius 3 is 2.14 bits per heavy atom. The molecule has 0 atom stereocenters. The lowest BCUT2D eigenvalue weighted by Crippen LogP contribution is -2.26. The molecular weight excluding hydrogens is 471 g/mol. The molecule has 0 aliphatic rings. The predicted octanol–water partition coefficient (Wildman–Crippen LogP) is 4.07. The summed E-state index contributed by atoms with van der Waals surface area (Å²) in [5.74, 6) is 0.651. The van der Waals surface area contributed by atoms with Crippen LogP contribution in [0.3, 0.4) is 0 Å². The van der Waals surface area contributed by atoms with Crippen LogP contribution in [-0.4, -0.2) is 34.1 Å². The lowest BCUT2D eigenvalue weighted by atomic mass is 10.1. The second-order valence-electron chi connectivity index (χ2n) is 7.63. The Morgan fingerprint density at radius 2 is 1.49 bits per heavy atom. The Labute approximate surface area is 205 Å². The van der Waals surface area contributed by atoms with E-state index in [1.54, 1.807) is 24.3 Å². The van der Waals surface area contributed by atoms with E-state index < -0.39 is 15.8 Å². The van der Waals surface area contributed by atoms with Gasteiger partial charge in [0, 0.05) is 18.7 Å². The van der Waals surface area contributed by atoms with Gasteiger partial charge in [0.05, 0.1) is 18.1 Å². The van der Waals surface area contributed by atoms with Crippen molar-refractivity contribution in [1.82, 2.24) is 10.0 Å². The maximum absolute atomic E-state index is 13.0. The van der Waals surface area contributed by atoms with Gasteiger partial charge in [-0.25, -0.2) is 17.5 Å². The summed E-state index contributed by atoms with van der Waals surface area (Å²) in [6.07, 6.45) is 0.626. The van der Waals surface area contributed by atoms with Gasteiger partial charge < -0.3 is 14.8 Å². The molecule has 35 heavy (non-hydrogen) atoms. The van der Waals surface area contributed by atoms with Crippen LogP contribution in [-0.2, 0) is 23.0 Å². The quantitative estimate of drug-likeness (QED) is 0.391. The van der Waals surface area contributed by atoms with Crippen molar-refractivity contribution in [2.75, 3.05) is 19.8 Å². The Bertz CT molecular complexity index is 1230. The van der Waals surface area contributed by atoms with Crippen LogP contribution in [0.1, 0.15) is 35.3 Å². The standard InChI is InChI=1S/C26H29FN2O5S/c1-3-33-24-14-7-19(17-25(24)34-4-2)15-16-28-26(30)21-8-5-20(6-9-21)18-29-35(31,32)23-12-10-22(27)11-13-23/h5-14,17,29H,3-4,15-16,18H2,1-2H3,(H,28,30). The van der Waals surface area contributed by atoms with E-state index in [0.717, 1.165) is 17.7 Å². The van der Waals surface area contributed by atoms with E-state index in [0.29, 0.717) is 48.8 Å². The fourth-order valence-electron chi connectivity index (χ4n) is 3.32. The molecular formula is C26H29FN2O5S. The monoisotopic (exact) mass is 500 g/mol. The van der Waals surface area contributed by atoms with Crippen molar-refractivity contribution in [3.05, 3.63) is 89.2 Å². The van der Waals surface area contributed by atoms with Crippen LogP contribution in [0, 0.1) is 5.82 Å². The molecule has 1 amide bonds. The number of hydrogen-bond donors (Lipinski definition) is 2. The molecule has 0 heterocycles. The molecule has 186 valence electrons. The van der Waals surface area contributed by atoms with Crippen LogP contribution >= 0.6 is 0 Å². The molecule has 3 aromatic rings. The fourth-order valence-corrected chi connectivity index (χ4v) is 4.34. The fraction of sp³-hybridized carbons (Fsp3) is 0.269. The number of carbonyl (C=O) groups is 1. The SMILES string of the molecule is CCOc1ccc(CCNC(=O)c2ccc(CNS(=O)(=O)c3ccc(F)cc3)cc2)cc1OCC. The van der Waals surface area contributed by atoms with E-state index in [4.69, 9.17) is 9.47 Å². The van der Waals surface area contributed by atoms with Crippen LogP contribution in [0.2, 0.25) is 0 Å². The highest BCUT2D eigenvalue weighted by Crippen LogP contribution is 2.28. The molecule has 9 heteroatoms. The van der Waals surface area contributed by atoms with Crippen molar-refractivity contribution in [3.8, 4) is 11.5 Å². The van der Waals surface area contributed by atoms with Crippen LogP contribution in [0.5, 0.6) is 11.5 Å². The molecule has 0 radical (unpaired) electrons. The summed E-state index contributed by atoms with van der Waals surface area (Å²) in [5, 5.41) is 2.89. The normalized spacial score (nSPS) is 11.2. The second kappa shape index (κ2) is 12.3. The van der Waals surface area contributed by atoms with Crippen LogP contribution in [0.15, 0.2) is 71.6 Å². The van der Waals surface area contributed by atoms with Crippen molar-refractivity contribution in [3.63, 3.8) is 0 Å². The van der Waals surface area contributed by atoms with E-state index in [-0.39, 0.29) is 17.3 Å². The number of carbonyl (C=O) groups excluding carboxylic acids is 1. The molecule has 3 aromatic carbocycles. The van der Waals surface area contributed by atoms with Gasteiger partial charge in [0.15, 0.2) is 11.5 Å². The maximum atomic E-state index is 13.0. The second-order valence-corrected chi connectivity index (χ2v) is 9.40. The highest BCUT2D eigenvalue weighted by molar-refractivity contribution is 7.89. The third-order valence-corrected chi connectivity index (χ3v) is 6.53. The average Bonchev–Trinajstić information content (AvgIpc) is 2.85. The smallest absolute Gasteiger partial charge is 0.251 e. The number of nitrogens with one attached hydrogen (secondary N) is 2. The molecule has 0 aromatic heterocycles. The van der Waals surface area contributed by atoms with Crippen molar-refractivity contribution in [2.45, 2.75) is 31.7 Å². The third kappa shape index (κ3) is 7.53. The van der Waals surface area contributed by atoms with Gasteiger partial charge >= 0.3 is 0 Å². The Hall–Kier alpha value is -3.43. The van der Waals surface area contributed by atoms with Crippen molar-refractivity contribution in [1.29, 1.82) is 0 Å². The molecule has 0 fully saturated rings. The van der Waals surface area contributed by atoms with Crippen LogP contribution in [0.25, 0.3) is 0 Å². The zero-order valence-electron chi connectivity index (χ0n) is 19.7. The molecule has 0 saturated carbocycles. The summed E-state index contributed by atoms with van der Waals surface area (Å²) in [4.78, 5) is 12.5. The molecule has 7 nitrogen and oxygen atoms in total. The first-order valence-electron chi connectivity index (χ1n) is 11.3. The number of benzene rings is 3. The molecule has 0 unspecified atom stereocenters. The van der Waals surface area contributed by atoms with E-state index in [1.807, 2.05) is 32.0 Å². The summed E-state index contributed by atoms with van der Waals surface area (Å²) >= 11 is 0. The minimum Gasteiger partial charge on any atom is -0.490 e. The first-order valence-corrected chi connectivity index (χ1v) is 12.8. The summed E-state index contributed by atoms with van der Waals surface area (Å²) in [5.41, 5.74) is 2.17. The minimum absolute atomic E-state index is 0.0178. The Kier molecular flexibility index (Phi) is 9.22. The van der Waals surface area contributed by atoms with Gasteiger partial charge in [0.2, 0.25) is 10.0 Å². The molecule has 0 aliphatic heterocycles. The van der Waals surface area contributed by atoms with Gasteiger partial charge in [0.25, 0.3) is 5.91 Å². The van der Waals surface area contributed by atoms with E-state index in [2.05, 4.69) is 10.0 Å².